The first kappa shape index (κ1) is 10.5. The van der Waals surface area contributed by atoms with E-state index >= 15 is 0 Å². The van der Waals surface area contributed by atoms with Crippen LogP contribution in [0.5, 0.6) is 0 Å². The van der Waals surface area contributed by atoms with E-state index in [1.807, 2.05) is 11.0 Å². The summed E-state index contributed by atoms with van der Waals surface area (Å²) in [5.74, 6) is 1.44. The van der Waals surface area contributed by atoms with Gasteiger partial charge in [-0.2, -0.15) is 0 Å². The maximum absolute atomic E-state index is 11.9. The summed E-state index contributed by atoms with van der Waals surface area (Å²) in [5, 5.41) is 0. The van der Waals surface area contributed by atoms with E-state index in [-0.39, 0.29) is 0 Å². The molecule has 0 spiro atoms. The lowest BCUT2D eigenvalue weighted by atomic mass is 10.3. The van der Waals surface area contributed by atoms with E-state index in [9.17, 15) is 4.79 Å². The molecule has 5 nitrogen and oxygen atoms in total. The third-order valence-corrected chi connectivity index (χ3v) is 3.35. The monoisotopic (exact) mass is 232 g/mol. The second kappa shape index (κ2) is 4.31. The number of carbonyl (C=O) groups excluding carboxylic acids is 1. The van der Waals surface area contributed by atoms with E-state index in [1.54, 1.807) is 12.4 Å². The van der Waals surface area contributed by atoms with E-state index < -0.39 is 0 Å². The number of rotatable bonds is 2. The Bertz CT molecular complexity index is 396. The molecule has 0 N–H and O–H groups in total. The third kappa shape index (κ3) is 2.23. The van der Waals surface area contributed by atoms with Crippen molar-refractivity contribution < 1.29 is 4.79 Å². The average Bonchev–Trinajstić information content (AvgIpc) is 3.24. The molecule has 1 aromatic rings. The van der Waals surface area contributed by atoms with E-state index in [0.717, 1.165) is 45.0 Å². The molecular formula is C12H16N4O. The zero-order valence-electron chi connectivity index (χ0n) is 9.75. The molecular weight excluding hydrogens is 216 g/mol. The van der Waals surface area contributed by atoms with E-state index in [4.69, 9.17) is 0 Å². The van der Waals surface area contributed by atoms with E-state index in [1.165, 1.54) is 0 Å². The minimum atomic E-state index is 0.328. The molecule has 5 heteroatoms. The molecule has 1 amide bonds. The van der Waals surface area contributed by atoms with Crippen LogP contribution in [-0.4, -0.2) is 47.0 Å². The standard InChI is InChI=1S/C12H16N4O/c17-11(10-2-3-10)15-6-8-16(9-7-15)12-13-4-1-5-14-12/h1,4-5,10H,2-3,6-9H2. The number of piperazine rings is 1. The maximum Gasteiger partial charge on any atom is 0.225 e. The molecule has 1 aliphatic heterocycles. The molecule has 0 bridgehead atoms. The van der Waals surface area contributed by atoms with Crippen LogP contribution in [0.25, 0.3) is 0 Å². The Labute approximate surface area is 100 Å². The summed E-state index contributed by atoms with van der Waals surface area (Å²) in [6, 6.07) is 1.82. The minimum Gasteiger partial charge on any atom is -0.339 e. The fraction of sp³-hybridized carbons (Fsp3) is 0.583. The van der Waals surface area contributed by atoms with Crippen molar-refractivity contribution in [2.24, 2.45) is 5.92 Å². The number of amides is 1. The average molecular weight is 232 g/mol. The first-order chi connectivity index (χ1) is 8.34. The van der Waals surface area contributed by atoms with Crippen molar-refractivity contribution in [3.8, 4) is 0 Å². The molecule has 2 heterocycles. The Morgan fingerprint density at radius 3 is 2.35 bits per heavy atom. The summed E-state index contributed by atoms with van der Waals surface area (Å²) in [7, 11) is 0. The molecule has 2 aliphatic rings. The molecule has 0 radical (unpaired) electrons. The van der Waals surface area contributed by atoms with Crippen LogP contribution in [0.4, 0.5) is 5.95 Å². The van der Waals surface area contributed by atoms with Crippen LogP contribution in [0.3, 0.4) is 0 Å². The SMILES string of the molecule is O=C(C1CC1)N1CCN(c2ncccn2)CC1. The highest BCUT2D eigenvalue weighted by atomic mass is 16.2. The van der Waals surface area contributed by atoms with Crippen LogP contribution in [0.2, 0.25) is 0 Å². The lowest BCUT2D eigenvalue weighted by Crippen LogP contribution is -2.49. The van der Waals surface area contributed by atoms with Crippen molar-refractivity contribution in [3.63, 3.8) is 0 Å². The molecule has 1 aliphatic carbocycles. The Kier molecular flexibility index (Phi) is 2.66. The summed E-state index contributed by atoms with van der Waals surface area (Å²) < 4.78 is 0. The Morgan fingerprint density at radius 1 is 1.12 bits per heavy atom. The normalized spacial score (nSPS) is 20.5. The number of carbonyl (C=O) groups is 1. The summed E-state index contributed by atoms with van der Waals surface area (Å²) in [5.41, 5.74) is 0. The van der Waals surface area contributed by atoms with Gasteiger partial charge in [0.25, 0.3) is 0 Å². The predicted molar refractivity (Wildman–Crippen MR) is 63.5 cm³/mol. The molecule has 90 valence electrons. The van der Waals surface area contributed by atoms with Crippen LogP contribution in [0.15, 0.2) is 18.5 Å². The van der Waals surface area contributed by atoms with Crippen LogP contribution in [0.1, 0.15) is 12.8 Å². The lowest BCUT2D eigenvalue weighted by Gasteiger charge is -2.34. The van der Waals surface area contributed by atoms with Gasteiger partial charge in [0.15, 0.2) is 0 Å². The second-order valence-electron chi connectivity index (χ2n) is 4.64. The molecule has 0 aromatic carbocycles. The highest BCUT2D eigenvalue weighted by molar-refractivity contribution is 5.81. The van der Waals surface area contributed by atoms with Crippen molar-refractivity contribution in [2.75, 3.05) is 31.1 Å². The quantitative estimate of drug-likeness (QED) is 0.746. The summed E-state index contributed by atoms with van der Waals surface area (Å²) in [4.78, 5) is 24.5. The predicted octanol–water partition coefficient (Wildman–Crippen LogP) is 0.535. The van der Waals surface area contributed by atoms with Gasteiger partial charge in [0.2, 0.25) is 11.9 Å². The number of aromatic nitrogens is 2. The molecule has 17 heavy (non-hydrogen) atoms. The van der Waals surface area contributed by atoms with Gasteiger partial charge in [0.1, 0.15) is 0 Å². The number of hydrogen-bond acceptors (Lipinski definition) is 4. The molecule has 2 fully saturated rings. The summed E-state index contributed by atoms with van der Waals surface area (Å²) >= 11 is 0. The first-order valence-corrected chi connectivity index (χ1v) is 6.15. The second-order valence-corrected chi connectivity index (χ2v) is 4.64. The highest BCUT2D eigenvalue weighted by Crippen LogP contribution is 2.31. The Morgan fingerprint density at radius 2 is 1.76 bits per heavy atom. The molecule has 0 unspecified atom stereocenters. The minimum absolute atomic E-state index is 0.328. The van der Waals surface area contributed by atoms with Gasteiger partial charge in [-0.05, 0) is 18.9 Å². The van der Waals surface area contributed by atoms with Crippen molar-refractivity contribution >= 4 is 11.9 Å². The van der Waals surface area contributed by atoms with Crippen LogP contribution in [0, 0.1) is 5.92 Å². The van der Waals surface area contributed by atoms with Crippen LogP contribution in [-0.2, 0) is 4.79 Å². The van der Waals surface area contributed by atoms with E-state index in [0.29, 0.717) is 11.8 Å². The number of anilines is 1. The molecule has 1 saturated heterocycles. The maximum atomic E-state index is 11.9. The van der Waals surface area contributed by atoms with Gasteiger partial charge in [-0.15, -0.1) is 0 Å². The first-order valence-electron chi connectivity index (χ1n) is 6.15. The van der Waals surface area contributed by atoms with Crippen LogP contribution < -0.4 is 4.90 Å². The molecule has 3 rings (SSSR count). The smallest absolute Gasteiger partial charge is 0.225 e. The van der Waals surface area contributed by atoms with Crippen molar-refractivity contribution in [1.29, 1.82) is 0 Å². The highest BCUT2D eigenvalue weighted by Gasteiger charge is 2.34. The van der Waals surface area contributed by atoms with Crippen molar-refractivity contribution in [1.82, 2.24) is 14.9 Å². The van der Waals surface area contributed by atoms with Crippen molar-refractivity contribution in [3.05, 3.63) is 18.5 Å². The number of hydrogen-bond donors (Lipinski definition) is 0. The van der Waals surface area contributed by atoms with Gasteiger partial charge in [0, 0.05) is 44.5 Å². The van der Waals surface area contributed by atoms with Crippen LogP contribution >= 0.6 is 0 Å². The van der Waals surface area contributed by atoms with Gasteiger partial charge >= 0.3 is 0 Å². The summed E-state index contributed by atoms with van der Waals surface area (Å²) in [6.07, 6.45) is 5.68. The molecule has 1 aromatic heterocycles. The van der Waals surface area contributed by atoms with Gasteiger partial charge in [-0.25, -0.2) is 9.97 Å². The Balaban J connectivity index is 1.58. The molecule has 0 atom stereocenters. The third-order valence-electron chi connectivity index (χ3n) is 3.35. The fourth-order valence-corrected chi connectivity index (χ4v) is 2.17. The van der Waals surface area contributed by atoms with Gasteiger partial charge in [-0.1, -0.05) is 0 Å². The van der Waals surface area contributed by atoms with Gasteiger partial charge in [-0.3, -0.25) is 4.79 Å². The Hall–Kier alpha value is -1.65. The molecule has 1 saturated carbocycles. The zero-order chi connectivity index (χ0) is 11.7. The van der Waals surface area contributed by atoms with E-state index in [2.05, 4.69) is 14.9 Å². The number of nitrogens with zero attached hydrogens (tertiary/aromatic N) is 4. The fourth-order valence-electron chi connectivity index (χ4n) is 2.17. The summed E-state index contributed by atoms with van der Waals surface area (Å²) in [6.45, 7) is 3.27. The lowest BCUT2D eigenvalue weighted by molar-refractivity contribution is -0.132. The van der Waals surface area contributed by atoms with Gasteiger partial charge in [0.05, 0.1) is 0 Å². The van der Waals surface area contributed by atoms with Crippen molar-refractivity contribution in [2.45, 2.75) is 12.8 Å². The van der Waals surface area contributed by atoms with Gasteiger partial charge < -0.3 is 9.80 Å². The zero-order valence-corrected chi connectivity index (χ0v) is 9.75. The largest absolute Gasteiger partial charge is 0.339 e. The topological polar surface area (TPSA) is 49.3 Å².